The van der Waals surface area contributed by atoms with Crippen molar-refractivity contribution in [2.45, 2.75) is 51.5 Å². The highest BCUT2D eigenvalue weighted by molar-refractivity contribution is 6.39. The fourth-order valence-corrected chi connectivity index (χ4v) is 3.39. The van der Waals surface area contributed by atoms with Crippen molar-refractivity contribution >= 4 is 29.1 Å². The van der Waals surface area contributed by atoms with Crippen LogP contribution in [-0.4, -0.2) is 30.3 Å². The van der Waals surface area contributed by atoms with Gasteiger partial charge in [0.05, 0.1) is 0 Å². The summed E-state index contributed by atoms with van der Waals surface area (Å²) in [6.45, 7) is 2.62. The highest BCUT2D eigenvalue weighted by atomic mass is 16.2. The molecule has 2 aliphatic rings. The second-order valence-electron chi connectivity index (χ2n) is 6.56. The molecule has 1 heterocycles. The molecule has 0 spiro atoms. The number of amides is 3. The summed E-state index contributed by atoms with van der Waals surface area (Å²) in [6.07, 6.45) is 5.46. The first-order chi connectivity index (χ1) is 11.5. The Morgan fingerprint density at radius 2 is 1.88 bits per heavy atom. The van der Waals surface area contributed by atoms with Crippen LogP contribution in [0.3, 0.4) is 0 Å². The molecule has 1 aliphatic carbocycles. The van der Waals surface area contributed by atoms with Gasteiger partial charge in [-0.1, -0.05) is 18.9 Å². The quantitative estimate of drug-likeness (QED) is 0.834. The molecule has 0 unspecified atom stereocenters. The maximum Gasteiger partial charge on any atom is 0.313 e. The average Bonchev–Trinajstić information content (AvgIpc) is 3.21. The molecule has 0 bridgehead atoms. The SMILES string of the molecule is Cc1ccc(NC(=O)C(=O)NC2CCCC2)cc1N1CCCC1=O. The van der Waals surface area contributed by atoms with Crippen molar-refractivity contribution in [1.29, 1.82) is 0 Å². The van der Waals surface area contributed by atoms with Crippen LogP contribution >= 0.6 is 0 Å². The van der Waals surface area contributed by atoms with Gasteiger partial charge in [0.2, 0.25) is 5.91 Å². The number of nitrogens with zero attached hydrogens (tertiary/aromatic N) is 1. The number of carbonyl (C=O) groups excluding carboxylic acids is 3. The normalized spacial score (nSPS) is 18.0. The number of hydrogen-bond acceptors (Lipinski definition) is 3. The van der Waals surface area contributed by atoms with Gasteiger partial charge in [0.25, 0.3) is 0 Å². The molecule has 1 saturated carbocycles. The van der Waals surface area contributed by atoms with E-state index in [1.54, 1.807) is 17.0 Å². The Labute approximate surface area is 141 Å². The molecule has 24 heavy (non-hydrogen) atoms. The standard InChI is InChI=1S/C18H23N3O3/c1-12-8-9-14(11-15(12)21-10-4-7-16(21)22)20-18(24)17(23)19-13-5-2-3-6-13/h8-9,11,13H,2-7,10H2,1H3,(H,19,23)(H,20,24). The molecule has 2 N–H and O–H groups in total. The van der Waals surface area contributed by atoms with Gasteiger partial charge in [-0.2, -0.15) is 0 Å². The summed E-state index contributed by atoms with van der Waals surface area (Å²) in [5, 5.41) is 5.40. The third-order valence-corrected chi connectivity index (χ3v) is 4.73. The van der Waals surface area contributed by atoms with Crippen LogP contribution in [-0.2, 0) is 14.4 Å². The molecule has 0 atom stereocenters. The van der Waals surface area contributed by atoms with Crippen LogP contribution in [0.25, 0.3) is 0 Å². The van der Waals surface area contributed by atoms with Crippen LogP contribution in [0.4, 0.5) is 11.4 Å². The third-order valence-electron chi connectivity index (χ3n) is 4.73. The molecule has 2 fully saturated rings. The summed E-state index contributed by atoms with van der Waals surface area (Å²) in [4.78, 5) is 37.7. The van der Waals surface area contributed by atoms with E-state index in [1.165, 1.54) is 0 Å². The van der Waals surface area contributed by atoms with Gasteiger partial charge in [0.15, 0.2) is 0 Å². The minimum Gasteiger partial charge on any atom is -0.345 e. The van der Waals surface area contributed by atoms with Crippen molar-refractivity contribution in [3.8, 4) is 0 Å². The molecule has 3 rings (SSSR count). The van der Waals surface area contributed by atoms with E-state index in [9.17, 15) is 14.4 Å². The molecule has 1 aromatic rings. The number of benzene rings is 1. The Bertz CT molecular complexity index is 665. The second kappa shape index (κ2) is 7.03. The lowest BCUT2D eigenvalue weighted by molar-refractivity contribution is -0.136. The number of nitrogens with one attached hydrogen (secondary N) is 2. The maximum atomic E-state index is 12.1. The molecule has 1 aromatic carbocycles. The zero-order chi connectivity index (χ0) is 17.1. The summed E-state index contributed by atoms with van der Waals surface area (Å²) < 4.78 is 0. The molecule has 0 radical (unpaired) electrons. The number of hydrogen-bond donors (Lipinski definition) is 2. The first kappa shape index (κ1) is 16.5. The summed E-state index contributed by atoms with van der Waals surface area (Å²) in [5.41, 5.74) is 2.30. The lowest BCUT2D eigenvalue weighted by Gasteiger charge is -2.19. The van der Waals surface area contributed by atoms with Gasteiger partial charge in [-0.05, 0) is 43.9 Å². The lowest BCUT2D eigenvalue weighted by atomic mass is 10.1. The topological polar surface area (TPSA) is 78.5 Å². The molecule has 1 saturated heterocycles. The number of anilines is 2. The summed E-state index contributed by atoms with van der Waals surface area (Å²) in [6, 6.07) is 5.48. The molecular formula is C18H23N3O3. The van der Waals surface area contributed by atoms with Crippen LogP contribution in [0.1, 0.15) is 44.1 Å². The van der Waals surface area contributed by atoms with Gasteiger partial charge in [-0.3, -0.25) is 14.4 Å². The predicted octanol–water partition coefficient (Wildman–Crippen LogP) is 2.12. The van der Waals surface area contributed by atoms with Crippen LogP contribution in [0.5, 0.6) is 0 Å². The van der Waals surface area contributed by atoms with Crippen LogP contribution in [0.15, 0.2) is 18.2 Å². The lowest BCUT2D eigenvalue weighted by Crippen LogP contribution is -2.40. The molecule has 6 nitrogen and oxygen atoms in total. The van der Waals surface area contributed by atoms with Crippen molar-refractivity contribution in [1.82, 2.24) is 5.32 Å². The molecule has 1 aliphatic heterocycles. The molecular weight excluding hydrogens is 306 g/mol. The van der Waals surface area contributed by atoms with Gasteiger partial charge in [-0.15, -0.1) is 0 Å². The maximum absolute atomic E-state index is 12.1. The third kappa shape index (κ3) is 3.58. The van der Waals surface area contributed by atoms with E-state index < -0.39 is 11.8 Å². The van der Waals surface area contributed by atoms with E-state index in [0.717, 1.165) is 43.4 Å². The largest absolute Gasteiger partial charge is 0.345 e. The Hall–Kier alpha value is -2.37. The van der Waals surface area contributed by atoms with Crippen molar-refractivity contribution < 1.29 is 14.4 Å². The smallest absolute Gasteiger partial charge is 0.313 e. The van der Waals surface area contributed by atoms with E-state index in [2.05, 4.69) is 10.6 Å². The van der Waals surface area contributed by atoms with Gasteiger partial charge in [0.1, 0.15) is 0 Å². The monoisotopic (exact) mass is 329 g/mol. The van der Waals surface area contributed by atoms with E-state index in [-0.39, 0.29) is 11.9 Å². The zero-order valence-corrected chi connectivity index (χ0v) is 13.9. The predicted molar refractivity (Wildman–Crippen MR) is 91.8 cm³/mol. The molecule has 128 valence electrons. The zero-order valence-electron chi connectivity index (χ0n) is 13.9. The molecule has 3 amide bonds. The summed E-state index contributed by atoms with van der Waals surface area (Å²) in [7, 11) is 0. The van der Waals surface area contributed by atoms with E-state index in [4.69, 9.17) is 0 Å². The number of aryl methyl sites for hydroxylation is 1. The first-order valence-electron chi connectivity index (χ1n) is 8.57. The Kier molecular flexibility index (Phi) is 4.83. The van der Waals surface area contributed by atoms with Gasteiger partial charge >= 0.3 is 11.8 Å². The minimum absolute atomic E-state index is 0.0977. The van der Waals surface area contributed by atoms with Gasteiger partial charge in [-0.25, -0.2) is 0 Å². The van der Waals surface area contributed by atoms with Crippen molar-refractivity contribution in [3.05, 3.63) is 23.8 Å². The highest BCUT2D eigenvalue weighted by Crippen LogP contribution is 2.28. The van der Waals surface area contributed by atoms with Crippen molar-refractivity contribution in [3.63, 3.8) is 0 Å². The first-order valence-corrected chi connectivity index (χ1v) is 8.57. The van der Waals surface area contributed by atoms with Crippen molar-refractivity contribution in [2.24, 2.45) is 0 Å². The average molecular weight is 329 g/mol. The van der Waals surface area contributed by atoms with Crippen LogP contribution < -0.4 is 15.5 Å². The fourth-order valence-electron chi connectivity index (χ4n) is 3.39. The highest BCUT2D eigenvalue weighted by Gasteiger charge is 2.24. The second-order valence-corrected chi connectivity index (χ2v) is 6.56. The Balaban J connectivity index is 1.67. The number of carbonyl (C=O) groups is 3. The number of rotatable bonds is 3. The van der Waals surface area contributed by atoms with Crippen molar-refractivity contribution in [2.75, 3.05) is 16.8 Å². The Morgan fingerprint density at radius 1 is 1.12 bits per heavy atom. The van der Waals surface area contributed by atoms with Gasteiger partial charge in [0, 0.05) is 30.4 Å². The summed E-state index contributed by atoms with van der Waals surface area (Å²) >= 11 is 0. The van der Waals surface area contributed by atoms with E-state index in [0.29, 0.717) is 18.7 Å². The fraction of sp³-hybridized carbons (Fsp3) is 0.500. The molecule has 6 heteroatoms. The van der Waals surface area contributed by atoms with E-state index in [1.807, 2.05) is 13.0 Å². The van der Waals surface area contributed by atoms with Crippen LogP contribution in [0.2, 0.25) is 0 Å². The Morgan fingerprint density at radius 3 is 2.54 bits per heavy atom. The van der Waals surface area contributed by atoms with E-state index >= 15 is 0 Å². The van der Waals surface area contributed by atoms with Crippen LogP contribution in [0, 0.1) is 6.92 Å². The summed E-state index contributed by atoms with van der Waals surface area (Å²) in [5.74, 6) is -1.16. The molecule has 0 aromatic heterocycles. The minimum atomic E-state index is -0.663. The van der Waals surface area contributed by atoms with Gasteiger partial charge < -0.3 is 15.5 Å².